The lowest BCUT2D eigenvalue weighted by molar-refractivity contribution is -0.120. The van der Waals surface area contributed by atoms with Crippen molar-refractivity contribution < 1.29 is 14.0 Å². The molecule has 2 amide bonds. The Morgan fingerprint density at radius 2 is 1.67 bits per heavy atom. The van der Waals surface area contributed by atoms with Gasteiger partial charge >= 0.3 is 0 Å². The van der Waals surface area contributed by atoms with Crippen molar-refractivity contribution >= 4 is 33.4 Å². The highest BCUT2D eigenvalue weighted by Crippen LogP contribution is 2.24. The van der Waals surface area contributed by atoms with Crippen molar-refractivity contribution in [3.8, 4) is 11.3 Å². The molecule has 3 rings (SSSR count). The predicted octanol–water partition coefficient (Wildman–Crippen LogP) is 4.53. The van der Waals surface area contributed by atoms with E-state index in [0.29, 0.717) is 18.0 Å². The van der Waals surface area contributed by atoms with E-state index in [2.05, 4.69) is 26.6 Å². The van der Waals surface area contributed by atoms with E-state index in [1.165, 1.54) is 6.92 Å². The van der Waals surface area contributed by atoms with Gasteiger partial charge in [0.15, 0.2) is 0 Å². The van der Waals surface area contributed by atoms with Crippen LogP contribution in [0.25, 0.3) is 11.3 Å². The zero-order chi connectivity index (χ0) is 19.2. The first kappa shape index (κ1) is 18.9. The molecule has 0 aliphatic carbocycles. The largest absolute Gasteiger partial charge is 0.459 e. The molecule has 27 heavy (non-hydrogen) atoms. The summed E-state index contributed by atoms with van der Waals surface area (Å²) in [7, 11) is 0. The number of rotatable bonds is 6. The lowest BCUT2D eigenvalue weighted by Crippen LogP contribution is -2.24. The van der Waals surface area contributed by atoms with Gasteiger partial charge in [-0.3, -0.25) is 9.59 Å². The maximum atomic E-state index is 12.1. The molecule has 0 unspecified atom stereocenters. The summed E-state index contributed by atoms with van der Waals surface area (Å²) in [4.78, 5) is 23.2. The van der Waals surface area contributed by atoms with Crippen molar-refractivity contribution in [2.75, 3.05) is 5.32 Å². The summed E-state index contributed by atoms with van der Waals surface area (Å²) in [6.07, 6.45) is 0.265. The number of amides is 2. The van der Waals surface area contributed by atoms with E-state index in [1.807, 2.05) is 48.5 Å². The van der Waals surface area contributed by atoms with Crippen LogP contribution in [0.5, 0.6) is 0 Å². The summed E-state index contributed by atoms with van der Waals surface area (Å²) in [5.41, 5.74) is 2.56. The van der Waals surface area contributed by atoms with E-state index in [1.54, 1.807) is 12.1 Å². The molecule has 0 radical (unpaired) electrons. The first-order chi connectivity index (χ1) is 13.0. The summed E-state index contributed by atoms with van der Waals surface area (Å²) < 4.78 is 6.80. The van der Waals surface area contributed by atoms with Gasteiger partial charge in [0.05, 0.1) is 13.0 Å². The van der Waals surface area contributed by atoms with Crippen molar-refractivity contribution in [2.24, 2.45) is 0 Å². The molecule has 0 spiro atoms. The summed E-state index contributed by atoms with van der Waals surface area (Å²) in [5.74, 6) is 1.24. The lowest BCUT2D eigenvalue weighted by Gasteiger charge is -2.06. The van der Waals surface area contributed by atoms with Gasteiger partial charge in [-0.2, -0.15) is 0 Å². The second-order valence-corrected chi connectivity index (χ2v) is 7.02. The smallest absolute Gasteiger partial charge is 0.224 e. The summed E-state index contributed by atoms with van der Waals surface area (Å²) in [6, 6.07) is 18.8. The second kappa shape index (κ2) is 8.68. The Hall–Kier alpha value is -2.86. The molecule has 0 aliphatic heterocycles. The van der Waals surface area contributed by atoms with Crippen LogP contribution in [0.4, 0.5) is 5.69 Å². The fourth-order valence-corrected chi connectivity index (χ4v) is 2.85. The van der Waals surface area contributed by atoms with Crippen molar-refractivity contribution in [1.82, 2.24) is 5.32 Å². The van der Waals surface area contributed by atoms with Crippen molar-refractivity contribution in [1.29, 1.82) is 0 Å². The van der Waals surface area contributed by atoms with Crippen LogP contribution >= 0.6 is 15.9 Å². The molecule has 6 heteroatoms. The normalized spacial score (nSPS) is 10.4. The summed E-state index contributed by atoms with van der Waals surface area (Å²) in [5, 5.41) is 5.55. The molecule has 0 saturated carbocycles. The molecule has 1 heterocycles. The number of nitrogens with one attached hydrogen (secondary N) is 2. The topological polar surface area (TPSA) is 71.3 Å². The maximum Gasteiger partial charge on any atom is 0.224 e. The number of carbonyl (C=O) groups is 2. The number of furan rings is 1. The van der Waals surface area contributed by atoms with Crippen LogP contribution in [0, 0.1) is 0 Å². The van der Waals surface area contributed by atoms with Gasteiger partial charge < -0.3 is 15.1 Å². The Balaban J connectivity index is 1.52. The van der Waals surface area contributed by atoms with Crippen LogP contribution in [-0.4, -0.2) is 11.8 Å². The molecule has 2 aromatic carbocycles. The summed E-state index contributed by atoms with van der Waals surface area (Å²) in [6.45, 7) is 1.79. The maximum absolute atomic E-state index is 12.1. The lowest BCUT2D eigenvalue weighted by atomic mass is 10.1. The van der Waals surface area contributed by atoms with Gasteiger partial charge in [-0.05, 0) is 42.0 Å². The fourth-order valence-electron chi connectivity index (χ4n) is 2.59. The first-order valence-corrected chi connectivity index (χ1v) is 9.27. The molecular weight excluding hydrogens is 408 g/mol. The number of hydrogen-bond acceptors (Lipinski definition) is 3. The minimum Gasteiger partial charge on any atom is -0.459 e. The molecule has 5 nitrogen and oxygen atoms in total. The first-order valence-electron chi connectivity index (χ1n) is 8.47. The minimum absolute atomic E-state index is 0.0936. The van der Waals surface area contributed by atoms with Gasteiger partial charge in [0.2, 0.25) is 11.8 Å². The molecule has 2 N–H and O–H groups in total. The van der Waals surface area contributed by atoms with Crippen LogP contribution in [0.1, 0.15) is 18.2 Å². The highest BCUT2D eigenvalue weighted by molar-refractivity contribution is 9.10. The van der Waals surface area contributed by atoms with Crippen LogP contribution in [-0.2, 0) is 22.6 Å². The third-order valence-electron chi connectivity index (χ3n) is 3.89. The van der Waals surface area contributed by atoms with E-state index in [4.69, 9.17) is 4.42 Å². The molecule has 138 valence electrons. The van der Waals surface area contributed by atoms with Crippen molar-refractivity contribution in [3.05, 3.63) is 76.5 Å². The van der Waals surface area contributed by atoms with Gasteiger partial charge in [0.25, 0.3) is 0 Å². The monoisotopic (exact) mass is 426 g/mol. The highest BCUT2D eigenvalue weighted by atomic mass is 79.9. The van der Waals surface area contributed by atoms with E-state index >= 15 is 0 Å². The molecule has 0 saturated heterocycles. The van der Waals surface area contributed by atoms with Gasteiger partial charge in [0.1, 0.15) is 11.5 Å². The molecule has 0 atom stereocenters. The zero-order valence-electron chi connectivity index (χ0n) is 14.8. The minimum atomic E-state index is -0.124. The average molecular weight is 427 g/mol. The molecule has 0 bridgehead atoms. The highest BCUT2D eigenvalue weighted by Gasteiger charge is 2.08. The van der Waals surface area contributed by atoms with E-state index in [9.17, 15) is 9.59 Å². The van der Waals surface area contributed by atoms with Gasteiger partial charge in [0, 0.05) is 22.6 Å². The standard InChI is InChI=1S/C21H19BrN2O3/c1-14(25)24-18-8-2-15(3-9-18)12-21(26)23-13-19-10-11-20(27-19)16-4-6-17(22)7-5-16/h2-11H,12-13H2,1H3,(H,23,26)(H,24,25). The second-order valence-electron chi connectivity index (χ2n) is 6.10. The van der Waals surface area contributed by atoms with Crippen molar-refractivity contribution in [2.45, 2.75) is 19.9 Å². The zero-order valence-corrected chi connectivity index (χ0v) is 16.4. The fraction of sp³-hybridized carbons (Fsp3) is 0.143. The molecule has 0 fully saturated rings. The third-order valence-corrected chi connectivity index (χ3v) is 4.42. The number of hydrogen-bond donors (Lipinski definition) is 2. The Morgan fingerprint density at radius 1 is 0.963 bits per heavy atom. The Morgan fingerprint density at radius 3 is 2.33 bits per heavy atom. The van der Waals surface area contributed by atoms with Crippen LogP contribution in [0.2, 0.25) is 0 Å². The van der Waals surface area contributed by atoms with E-state index in [0.717, 1.165) is 21.4 Å². The average Bonchev–Trinajstić information content (AvgIpc) is 3.11. The van der Waals surface area contributed by atoms with Crippen LogP contribution < -0.4 is 10.6 Å². The van der Waals surface area contributed by atoms with Crippen LogP contribution in [0.15, 0.2) is 69.6 Å². The summed E-state index contributed by atoms with van der Waals surface area (Å²) >= 11 is 3.41. The Bertz CT molecular complexity index is 931. The van der Waals surface area contributed by atoms with Gasteiger partial charge in [-0.25, -0.2) is 0 Å². The number of benzene rings is 2. The number of anilines is 1. The predicted molar refractivity (Wildman–Crippen MR) is 108 cm³/mol. The van der Waals surface area contributed by atoms with Gasteiger partial charge in [-0.1, -0.05) is 40.2 Å². The van der Waals surface area contributed by atoms with E-state index in [-0.39, 0.29) is 18.2 Å². The number of halogens is 1. The molecular formula is C21H19BrN2O3. The SMILES string of the molecule is CC(=O)Nc1ccc(CC(=O)NCc2ccc(-c3ccc(Br)cc3)o2)cc1. The Labute approximate surface area is 165 Å². The molecule has 3 aromatic rings. The molecule has 1 aromatic heterocycles. The van der Waals surface area contributed by atoms with Crippen molar-refractivity contribution in [3.63, 3.8) is 0 Å². The van der Waals surface area contributed by atoms with E-state index < -0.39 is 0 Å². The van der Waals surface area contributed by atoms with Crippen LogP contribution in [0.3, 0.4) is 0 Å². The number of carbonyl (C=O) groups excluding carboxylic acids is 2. The molecule has 0 aliphatic rings. The quantitative estimate of drug-likeness (QED) is 0.608. The van der Waals surface area contributed by atoms with Gasteiger partial charge in [-0.15, -0.1) is 0 Å². The Kier molecular flexibility index (Phi) is 6.08. The third kappa shape index (κ3) is 5.56.